The minimum absolute atomic E-state index is 0.0989. The first-order valence-electron chi connectivity index (χ1n) is 10.1. The third-order valence-electron chi connectivity index (χ3n) is 5.55. The van der Waals surface area contributed by atoms with Gasteiger partial charge in [0.25, 0.3) is 0 Å². The highest BCUT2D eigenvalue weighted by Crippen LogP contribution is 2.31. The van der Waals surface area contributed by atoms with Crippen molar-refractivity contribution in [2.24, 2.45) is 5.16 Å². The summed E-state index contributed by atoms with van der Waals surface area (Å²) < 4.78 is 2.13. The van der Waals surface area contributed by atoms with Gasteiger partial charge in [-0.2, -0.15) is 0 Å². The standard InChI is InChI=1S/C25H22N2O4/c1-3-21(26-31)25(30)17-8-12-23-20(14-17)19-13-16(7-11-22(19)27(23)4-2)24(29)15-5-9-18(28)10-6-15/h5-14,28,31H,3-4H2,1-2H3/b26-21+. The lowest BCUT2D eigenvalue weighted by Gasteiger charge is -2.05. The summed E-state index contributed by atoms with van der Waals surface area (Å²) in [5.74, 6) is -0.360. The van der Waals surface area contributed by atoms with Crippen LogP contribution < -0.4 is 0 Å². The highest BCUT2D eigenvalue weighted by molar-refractivity contribution is 6.46. The van der Waals surface area contributed by atoms with Crippen LogP contribution in [0.5, 0.6) is 5.75 Å². The van der Waals surface area contributed by atoms with Gasteiger partial charge in [0.05, 0.1) is 0 Å². The van der Waals surface area contributed by atoms with E-state index in [2.05, 4.69) is 9.72 Å². The fraction of sp³-hybridized carbons (Fsp3) is 0.160. The minimum Gasteiger partial charge on any atom is -0.508 e. The average Bonchev–Trinajstić information content (AvgIpc) is 3.12. The molecule has 0 saturated heterocycles. The third kappa shape index (κ3) is 3.46. The number of benzene rings is 3. The van der Waals surface area contributed by atoms with Crippen molar-refractivity contribution in [1.82, 2.24) is 4.57 Å². The van der Waals surface area contributed by atoms with Crippen LogP contribution in [0.2, 0.25) is 0 Å². The van der Waals surface area contributed by atoms with Crippen LogP contribution in [-0.2, 0) is 6.54 Å². The van der Waals surface area contributed by atoms with Crippen molar-refractivity contribution in [3.8, 4) is 5.75 Å². The van der Waals surface area contributed by atoms with Crippen LogP contribution in [0.15, 0.2) is 65.8 Å². The zero-order valence-electron chi connectivity index (χ0n) is 17.3. The number of aromatic hydroxyl groups is 1. The molecule has 0 unspecified atom stereocenters. The maximum absolute atomic E-state index is 13.0. The molecule has 0 atom stereocenters. The van der Waals surface area contributed by atoms with E-state index >= 15 is 0 Å². The SMILES string of the molecule is CC/C(=N\O)C(=O)c1ccc2c(c1)c1cc(C(=O)c3ccc(O)cc3)ccc1n2CC. The number of nitrogens with zero attached hydrogens (tertiary/aromatic N) is 2. The molecule has 0 spiro atoms. The number of carbonyl (C=O) groups excluding carboxylic acids is 2. The highest BCUT2D eigenvalue weighted by Gasteiger charge is 2.18. The Morgan fingerprint density at radius 2 is 1.39 bits per heavy atom. The molecular weight excluding hydrogens is 392 g/mol. The van der Waals surface area contributed by atoms with E-state index in [-0.39, 0.29) is 23.0 Å². The summed E-state index contributed by atoms with van der Waals surface area (Å²) in [7, 11) is 0. The number of aromatic nitrogens is 1. The number of phenols is 1. The number of oxime groups is 1. The fourth-order valence-electron chi connectivity index (χ4n) is 3.95. The van der Waals surface area contributed by atoms with Gasteiger partial charge in [-0.1, -0.05) is 12.1 Å². The summed E-state index contributed by atoms with van der Waals surface area (Å²) in [6, 6.07) is 17.1. The fourth-order valence-corrected chi connectivity index (χ4v) is 3.95. The molecular formula is C25H22N2O4. The second-order valence-electron chi connectivity index (χ2n) is 7.31. The second kappa shape index (κ2) is 8.07. The number of fused-ring (bicyclic) bond motifs is 3. The molecule has 31 heavy (non-hydrogen) atoms. The van der Waals surface area contributed by atoms with Gasteiger partial charge < -0.3 is 14.9 Å². The van der Waals surface area contributed by atoms with Gasteiger partial charge in [0.2, 0.25) is 5.78 Å². The van der Waals surface area contributed by atoms with Crippen LogP contribution in [0.3, 0.4) is 0 Å². The van der Waals surface area contributed by atoms with Crippen molar-refractivity contribution in [1.29, 1.82) is 0 Å². The van der Waals surface area contributed by atoms with E-state index in [1.54, 1.807) is 37.3 Å². The molecule has 1 heterocycles. The Bertz CT molecular complexity index is 1350. The summed E-state index contributed by atoms with van der Waals surface area (Å²) in [6.07, 6.45) is 0.329. The molecule has 4 aromatic rings. The number of carbonyl (C=O) groups is 2. The number of ketones is 2. The van der Waals surface area contributed by atoms with E-state index in [0.29, 0.717) is 23.1 Å². The molecule has 156 valence electrons. The molecule has 0 saturated carbocycles. The minimum atomic E-state index is -0.319. The predicted octanol–water partition coefficient (Wildman–Crippen LogP) is 5.17. The van der Waals surface area contributed by atoms with Gasteiger partial charge in [-0.3, -0.25) is 9.59 Å². The summed E-state index contributed by atoms with van der Waals surface area (Å²) >= 11 is 0. The van der Waals surface area contributed by atoms with Crippen molar-refractivity contribution >= 4 is 39.1 Å². The summed E-state index contributed by atoms with van der Waals surface area (Å²) in [6.45, 7) is 4.54. The molecule has 1 aromatic heterocycles. The maximum atomic E-state index is 13.0. The third-order valence-corrected chi connectivity index (χ3v) is 5.55. The van der Waals surface area contributed by atoms with Crippen molar-refractivity contribution < 1.29 is 19.9 Å². The topological polar surface area (TPSA) is 91.9 Å². The number of hydrogen-bond donors (Lipinski definition) is 2. The van der Waals surface area contributed by atoms with Crippen LogP contribution in [0.4, 0.5) is 0 Å². The number of rotatable bonds is 6. The molecule has 2 N–H and O–H groups in total. The molecule has 0 radical (unpaired) electrons. The monoisotopic (exact) mass is 414 g/mol. The van der Waals surface area contributed by atoms with Crippen molar-refractivity contribution in [2.75, 3.05) is 0 Å². The Hall–Kier alpha value is -3.93. The van der Waals surface area contributed by atoms with Gasteiger partial charge in [-0.05, 0) is 74.0 Å². The van der Waals surface area contributed by atoms with Crippen molar-refractivity contribution in [3.63, 3.8) is 0 Å². The van der Waals surface area contributed by atoms with Gasteiger partial charge in [0.1, 0.15) is 11.5 Å². The first kappa shape index (κ1) is 20.3. The molecule has 3 aromatic carbocycles. The first-order valence-corrected chi connectivity index (χ1v) is 10.1. The Morgan fingerprint density at radius 3 is 1.94 bits per heavy atom. The van der Waals surface area contributed by atoms with E-state index in [9.17, 15) is 14.7 Å². The smallest absolute Gasteiger partial charge is 0.210 e. The lowest BCUT2D eigenvalue weighted by Crippen LogP contribution is -2.13. The Kier molecular flexibility index (Phi) is 5.29. The Labute approximate surface area is 179 Å². The molecule has 6 heteroatoms. The lowest BCUT2D eigenvalue weighted by molar-refractivity contribution is 0.103. The van der Waals surface area contributed by atoms with Crippen LogP contribution in [-0.4, -0.2) is 32.2 Å². The number of hydrogen-bond acceptors (Lipinski definition) is 5. The van der Waals surface area contributed by atoms with Crippen molar-refractivity contribution in [2.45, 2.75) is 26.8 Å². The van der Waals surface area contributed by atoms with Gasteiger partial charge in [-0.25, -0.2) is 0 Å². The molecule has 0 aliphatic carbocycles. The van der Waals surface area contributed by atoms with E-state index in [0.717, 1.165) is 28.4 Å². The highest BCUT2D eigenvalue weighted by atomic mass is 16.4. The Balaban J connectivity index is 1.89. The van der Waals surface area contributed by atoms with Gasteiger partial charge >= 0.3 is 0 Å². The molecule has 0 aliphatic heterocycles. The van der Waals surface area contributed by atoms with Crippen LogP contribution in [0.1, 0.15) is 46.5 Å². The summed E-state index contributed by atoms with van der Waals surface area (Å²) in [5.41, 5.74) is 3.47. The molecule has 0 amide bonds. The summed E-state index contributed by atoms with van der Waals surface area (Å²) in [5, 5.41) is 23.4. The lowest BCUT2D eigenvalue weighted by atomic mass is 9.99. The molecule has 0 bridgehead atoms. The van der Waals surface area contributed by atoms with Crippen LogP contribution in [0.25, 0.3) is 21.8 Å². The number of phenolic OH excluding ortho intramolecular Hbond substituents is 1. The quantitative estimate of drug-likeness (QED) is 0.197. The normalized spacial score (nSPS) is 11.9. The second-order valence-corrected chi connectivity index (χ2v) is 7.31. The average molecular weight is 414 g/mol. The van der Waals surface area contributed by atoms with E-state index in [4.69, 9.17) is 5.21 Å². The van der Waals surface area contributed by atoms with Gasteiger partial charge in [-0.15, -0.1) is 0 Å². The number of Topliss-reactive ketones (excluding diaryl/α,β-unsaturated/α-hetero) is 1. The van der Waals surface area contributed by atoms with Gasteiger partial charge in [0.15, 0.2) is 5.78 Å². The van der Waals surface area contributed by atoms with Crippen LogP contribution >= 0.6 is 0 Å². The van der Waals surface area contributed by atoms with E-state index < -0.39 is 0 Å². The first-order chi connectivity index (χ1) is 15.0. The van der Waals surface area contributed by atoms with Crippen molar-refractivity contribution in [3.05, 3.63) is 77.4 Å². The zero-order chi connectivity index (χ0) is 22.1. The van der Waals surface area contributed by atoms with Crippen LogP contribution in [0, 0.1) is 0 Å². The number of aryl methyl sites for hydroxylation is 1. The molecule has 0 aliphatic rings. The Morgan fingerprint density at radius 1 is 0.839 bits per heavy atom. The maximum Gasteiger partial charge on any atom is 0.210 e. The molecule has 0 fully saturated rings. The molecule has 4 rings (SSSR count). The largest absolute Gasteiger partial charge is 0.508 e. The molecule has 6 nitrogen and oxygen atoms in total. The van der Waals surface area contributed by atoms with E-state index in [1.807, 2.05) is 25.1 Å². The zero-order valence-corrected chi connectivity index (χ0v) is 17.3. The van der Waals surface area contributed by atoms with E-state index in [1.165, 1.54) is 12.1 Å². The summed E-state index contributed by atoms with van der Waals surface area (Å²) in [4.78, 5) is 25.6. The predicted molar refractivity (Wildman–Crippen MR) is 121 cm³/mol. The van der Waals surface area contributed by atoms with Gasteiger partial charge in [0, 0.05) is 45.0 Å².